The molecule has 6 nitrogen and oxygen atoms in total. The van der Waals surface area contributed by atoms with Crippen LogP contribution in [-0.2, 0) is 0 Å². The summed E-state index contributed by atoms with van der Waals surface area (Å²) in [6.07, 6.45) is 1.88. The topological polar surface area (TPSA) is 59.1 Å². The molecular weight excluding hydrogens is 256 g/mol. The summed E-state index contributed by atoms with van der Waals surface area (Å²) in [4.78, 5) is 17.3. The van der Waals surface area contributed by atoms with Crippen LogP contribution in [0.1, 0.15) is 19.8 Å². The molecule has 0 aromatic rings. The number of urea groups is 1. The van der Waals surface area contributed by atoms with Gasteiger partial charge in [0.15, 0.2) is 0 Å². The van der Waals surface area contributed by atoms with Crippen molar-refractivity contribution in [3.63, 3.8) is 0 Å². The maximum absolute atomic E-state index is 11.8. The summed E-state index contributed by atoms with van der Waals surface area (Å²) in [7, 11) is 7.48. The molecule has 0 aromatic carbocycles. The summed E-state index contributed by atoms with van der Waals surface area (Å²) < 4.78 is 0. The van der Waals surface area contributed by atoms with Crippen molar-refractivity contribution in [2.24, 2.45) is 0 Å². The highest BCUT2D eigenvalue weighted by atomic mass is 16.3. The summed E-state index contributed by atoms with van der Waals surface area (Å²) in [5.41, 5.74) is -0.722. The Morgan fingerprint density at radius 1 is 1.30 bits per heavy atom. The van der Waals surface area contributed by atoms with Gasteiger partial charge in [-0.3, -0.25) is 0 Å². The number of carbonyl (C=O) groups excluding carboxylic acids is 1. The van der Waals surface area contributed by atoms with Gasteiger partial charge in [0.05, 0.1) is 5.60 Å². The second-order valence-corrected chi connectivity index (χ2v) is 6.55. The molecule has 0 bridgehead atoms. The van der Waals surface area contributed by atoms with Gasteiger partial charge in [-0.2, -0.15) is 0 Å². The van der Waals surface area contributed by atoms with Crippen molar-refractivity contribution < 1.29 is 9.90 Å². The molecule has 2 N–H and O–H groups in total. The van der Waals surface area contributed by atoms with Crippen molar-refractivity contribution in [2.75, 3.05) is 54.4 Å². The lowest BCUT2D eigenvalue weighted by molar-refractivity contribution is 0.0291. The zero-order chi connectivity index (χ0) is 15.3. The van der Waals surface area contributed by atoms with Crippen molar-refractivity contribution in [1.29, 1.82) is 0 Å². The smallest absolute Gasteiger partial charge is 0.319 e. The first-order chi connectivity index (χ1) is 9.21. The SMILES string of the molecule is CN(C)CC(C)(O)CNC1CCN(C(=O)N(C)C)CC1. The van der Waals surface area contributed by atoms with Crippen LogP contribution in [0.5, 0.6) is 0 Å². The molecule has 1 saturated heterocycles. The summed E-state index contributed by atoms with van der Waals surface area (Å²) in [5.74, 6) is 0. The van der Waals surface area contributed by atoms with E-state index in [2.05, 4.69) is 5.32 Å². The second-order valence-electron chi connectivity index (χ2n) is 6.55. The number of nitrogens with zero attached hydrogens (tertiary/aromatic N) is 3. The molecule has 1 atom stereocenters. The number of rotatable bonds is 5. The zero-order valence-corrected chi connectivity index (χ0v) is 13.5. The Hall–Kier alpha value is -0.850. The van der Waals surface area contributed by atoms with Crippen LogP contribution in [0.2, 0.25) is 0 Å². The number of hydrogen-bond donors (Lipinski definition) is 2. The van der Waals surface area contributed by atoms with Crippen molar-refractivity contribution in [3.8, 4) is 0 Å². The Bertz CT molecular complexity index is 310. The fourth-order valence-corrected chi connectivity index (χ4v) is 2.66. The first kappa shape index (κ1) is 17.2. The van der Waals surface area contributed by atoms with Crippen molar-refractivity contribution in [3.05, 3.63) is 0 Å². The molecule has 1 aliphatic rings. The minimum Gasteiger partial charge on any atom is -0.388 e. The molecule has 20 heavy (non-hydrogen) atoms. The highest BCUT2D eigenvalue weighted by molar-refractivity contribution is 5.73. The van der Waals surface area contributed by atoms with Gasteiger partial charge in [-0.05, 0) is 33.9 Å². The maximum Gasteiger partial charge on any atom is 0.319 e. The molecule has 1 rings (SSSR count). The first-order valence-electron chi connectivity index (χ1n) is 7.28. The van der Waals surface area contributed by atoms with Gasteiger partial charge >= 0.3 is 6.03 Å². The quantitative estimate of drug-likeness (QED) is 0.749. The Morgan fingerprint density at radius 2 is 1.85 bits per heavy atom. The lowest BCUT2D eigenvalue weighted by atomic mass is 10.0. The Labute approximate surface area is 122 Å². The molecule has 1 heterocycles. The maximum atomic E-state index is 11.8. The molecule has 2 amide bonds. The fraction of sp³-hybridized carbons (Fsp3) is 0.929. The van der Waals surface area contributed by atoms with Gasteiger partial charge < -0.3 is 25.1 Å². The molecular formula is C14H30N4O2. The van der Waals surface area contributed by atoms with E-state index in [9.17, 15) is 9.90 Å². The van der Waals surface area contributed by atoms with E-state index in [4.69, 9.17) is 0 Å². The molecule has 6 heteroatoms. The van der Waals surface area contributed by atoms with Crippen molar-refractivity contribution in [1.82, 2.24) is 20.0 Å². The van der Waals surface area contributed by atoms with E-state index in [1.807, 2.05) is 30.8 Å². The van der Waals surface area contributed by atoms with Gasteiger partial charge in [0.25, 0.3) is 0 Å². The average molecular weight is 286 g/mol. The lowest BCUT2D eigenvalue weighted by Gasteiger charge is -2.36. The Morgan fingerprint density at radius 3 is 2.30 bits per heavy atom. The summed E-state index contributed by atoms with van der Waals surface area (Å²) in [5, 5.41) is 13.7. The van der Waals surface area contributed by atoms with E-state index < -0.39 is 5.60 Å². The van der Waals surface area contributed by atoms with E-state index in [0.29, 0.717) is 19.1 Å². The standard InChI is InChI=1S/C14H30N4O2/c1-14(20,11-16(2)3)10-15-12-6-8-18(9-7-12)13(19)17(4)5/h12,15,20H,6-11H2,1-5H3. The summed E-state index contributed by atoms with van der Waals surface area (Å²) in [6, 6.07) is 0.470. The minimum absolute atomic E-state index is 0.0862. The van der Waals surface area contributed by atoms with E-state index in [0.717, 1.165) is 25.9 Å². The molecule has 1 aliphatic heterocycles. The largest absolute Gasteiger partial charge is 0.388 e. The van der Waals surface area contributed by atoms with Crippen LogP contribution >= 0.6 is 0 Å². The minimum atomic E-state index is -0.722. The molecule has 0 radical (unpaired) electrons. The Kier molecular flexibility index (Phi) is 6.23. The summed E-state index contributed by atoms with van der Waals surface area (Å²) in [6.45, 7) is 4.63. The number of amides is 2. The fourth-order valence-electron chi connectivity index (χ4n) is 2.66. The monoisotopic (exact) mass is 286 g/mol. The van der Waals surface area contributed by atoms with Crippen molar-refractivity contribution in [2.45, 2.75) is 31.4 Å². The third-order valence-electron chi connectivity index (χ3n) is 3.58. The number of aliphatic hydroxyl groups is 1. The zero-order valence-electron chi connectivity index (χ0n) is 13.5. The van der Waals surface area contributed by atoms with Crippen LogP contribution in [0, 0.1) is 0 Å². The molecule has 1 fully saturated rings. The predicted octanol–water partition coefficient (Wildman–Crippen LogP) is 0.0346. The molecule has 1 unspecified atom stereocenters. The van der Waals surface area contributed by atoms with Crippen molar-refractivity contribution >= 4 is 6.03 Å². The molecule has 118 valence electrons. The summed E-state index contributed by atoms with van der Waals surface area (Å²) >= 11 is 0. The second kappa shape index (κ2) is 7.24. The van der Waals surface area contributed by atoms with E-state index in [1.165, 1.54) is 0 Å². The number of piperidine rings is 1. The van der Waals surface area contributed by atoms with Gasteiger partial charge in [0.1, 0.15) is 0 Å². The van der Waals surface area contributed by atoms with Crippen LogP contribution in [0.4, 0.5) is 4.79 Å². The third kappa shape index (κ3) is 5.64. The van der Waals surface area contributed by atoms with E-state index in [-0.39, 0.29) is 6.03 Å². The van der Waals surface area contributed by atoms with E-state index >= 15 is 0 Å². The van der Waals surface area contributed by atoms with Crippen LogP contribution in [0.25, 0.3) is 0 Å². The highest BCUT2D eigenvalue weighted by Crippen LogP contribution is 2.13. The Balaban J connectivity index is 2.31. The van der Waals surface area contributed by atoms with Crippen LogP contribution < -0.4 is 5.32 Å². The van der Waals surface area contributed by atoms with Crippen LogP contribution in [-0.4, -0.2) is 91.8 Å². The number of likely N-dealkylation sites (N-methyl/N-ethyl adjacent to an activating group) is 1. The number of carbonyl (C=O) groups is 1. The number of hydrogen-bond acceptors (Lipinski definition) is 4. The number of likely N-dealkylation sites (tertiary alicyclic amines) is 1. The average Bonchev–Trinajstić information content (AvgIpc) is 2.34. The first-order valence-corrected chi connectivity index (χ1v) is 7.28. The van der Waals surface area contributed by atoms with E-state index in [1.54, 1.807) is 19.0 Å². The van der Waals surface area contributed by atoms with Gasteiger partial charge in [0, 0.05) is 46.3 Å². The van der Waals surface area contributed by atoms with Gasteiger partial charge in [-0.25, -0.2) is 4.79 Å². The molecule has 0 spiro atoms. The number of nitrogens with one attached hydrogen (secondary N) is 1. The third-order valence-corrected chi connectivity index (χ3v) is 3.58. The molecule has 0 saturated carbocycles. The van der Waals surface area contributed by atoms with Gasteiger partial charge in [0.2, 0.25) is 0 Å². The van der Waals surface area contributed by atoms with Gasteiger partial charge in [-0.1, -0.05) is 0 Å². The predicted molar refractivity (Wildman–Crippen MR) is 80.9 cm³/mol. The van der Waals surface area contributed by atoms with Crippen LogP contribution in [0.15, 0.2) is 0 Å². The molecule has 0 aromatic heterocycles. The lowest BCUT2D eigenvalue weighted by Crippen LogP contribution is -2.52. The van der Waals surface area contributed by atoms with Gasteiger partial charge in [-0.15, -0.1) is 0 Å². The van der Waals surface area contributed by atoms with Crippen LogP contribution in [0.3, 0.4) is 0 Å². The normalized spacial score (nSPS) is 20.1. The molecule has 0 aliphatic carbocycles. The highest BCUT2D eigenvalue weighted by Gasteiger charge is 2.26.